The van der Waals surface area contributed by atoms with Crippen molar-refractivity contribution in [2.24, 2.45) is 11.3 Å². The van der Waals surface area contributed by atoms with Gasteiger partial charge in [0.05, 0.1) is 17.7 Å². The van der Waals surface area contributed by atoms with Crippen molar-refractivity contribution < 1.29 is 32.6 Å². The highest BCUT2D eigenvalue weighted by molar-refractivity contribution is 6.34. The highest BCUT2D eigenvalue weighted by atomic mass is 35.5. The molecule has 2 fully saturated rings. The number of hydrogen-bond donors (Lipinski definition) is 1. The second kappa shape index (κ2) is 12.7. The van der Waals surface area contributed by atoms with Crippen LogP contribution in [0, 0.1) is 11.3 Å². The monoisotopic (exact) mass is 643 g/mol. The summed E-state index contributed by atoms with van der Waals surface area (Å²) in [6.45, 7) is 4.00. The molecule has 0 radical (unpaired) electrons. The molecule has 0 spiro atoms. The molecule has 0 aromatic heterocycles. The van der Waals surface area contributed by atoms with E-state index in [9.17, 15) is 27.9 Å². The fraction of sp³-hybridized carbons (Fsp3) is 0.548. The van der Waals surface area contributed by atoms with Crippen molar-refractivity contribution >= 4 is 40.7 Å². The average Bonchev–Trinajstić information content (AvgIpc) is 2.95. The molecule has 0 aliphatic carbocycles. The van der Waals surface area contributed by atoms with Gasteiger partial charge in [0.15, 0.2) is 0 Å². The number of anilines is 1. The Labute approximate surface area is 260 Å². The van der Waals surface area contributed by atoms with E-state index in [0.29, 0.717) is 29.3 Å². The lowest BCUT2D eigenvalue weighted by molar-refractivity contribution is -0.262. The molecule has 2 heterocycles. The van der Waals surface area contributed by atoms with E-state index in [-0.39, 0.29) is 35.2 Å². The van der Waals surface area contributed by atoms with E-state index in [1.54, 1.807) is 20.2 Å². The van der Waals surface area contributed by atoms with Gasteiger partial charge < -0.3 is 24.5 Å². The Bertz CT molecular complexity index is 1340. The van der Waals surface area contributed by atoms with Gasteiger partial charge in [0.2, 0.25) is 0 Å². The van der Waals surface area contributed by atoms with Crippen LogP contribution in [0.25, 0.3) is 0 Å². The highest BCUT2D eigenvalue weighted by Crippen LogP contribution is 2.45. The number of carbonyl (C=O) groups is 2. The zero-order valence-electron chi connectivity index (χ0n) is 24.8. The summed E-state index contributed by atoms with van der Waals surface area (Å²) < 4.78 is 47.8. The van der Waals surface area contributed by atoms with Crippen LogP contribution < -0.4 is 9.64 Å². The number of benzene rings is 2. The molecular formula is C31H38Cl2F3N3O4. The number of aliphatic hydroxyl groups is 1. The zero-order chi connectivity index (χ0) is 31.7. The van der Waals surface area contributed by atoms with Gasteiger partial charge in [0.1, 0.15) is 5.75 Å². The summed E-state index contributed by atoms with van der Waals surface area (Å²) >= 11 is 12.4. The topological polar surface area (TPSA) is 73.3 Å². The zero-order valence-corrected chi connectivity index (χ0v) is 26.3. The smallest absolute Gasteiger partial charge is 0.430 e. The second-order valence-corrected chi connectivity index (χ2v) is 13.0. The second-order valence-electron chi connectivity index (χ2n) is 12.2. The van der Waals surface area contributed by atoms with E-state index >= 15 is 0 Å². The van der Waals surface area contributed by atoms with Crippen LogP contribution in [0.4, 0.5) is 18.9 Å². The first kappa shape index (κ1) is 33.2. The molecule has 0 saturated carbocycles. The number of rotatable bonds is 7. The summed E-state index contributed by atoms with van der Waals surface area (Å²) in [4.78, 5) is 30.4. The Hall–Kier alpha value is -2.69. The molecule has 2 saturated heterocycles. The first-order chi connectivity index (χ1) is 20.1. The summed E-state index contributed by atoms with van der Waals surface area (Å²) in [5.74, 6) is -1.12. The van der Waals surface area contributed by atoms with Crippen LogP contribution in [0.1, 0.15) is 54.9 Å². The lowest BCUT2D eigenvalue weighted by atomic mass is 9.71. The quantitative estimate of drug-likeness (QED) is 0.379. The van der Waals surface area contributed by atoms with Crippen molar-refractivity contribution in [2.75, 3.05) is 52.3 Å². The number of methoxy groups -OCH3 is 1. The van der Waals surface area contributed by atoms with Crippen LogP contribution in [-0.4, -0.2) is 80.3 Å². The molecule has 0 bridgehead atoms. The Balaban J connectivity index is 1.37. The van der Waals surface area contributed by atoms with E-state index in [0.717, 1.165) is 55.1 Å². The number of ether oxygens (including phenoxy) is 1. The molecule has 4 rings (SSSR count). The Kier molecular flexibility index (Phi) is 9.83. The van der Waals surface area contributed by atoms with Gasteiger partial charge in [-0.3, -0.25) is 9.59 Å². The molecule has 236 valence electrons. The minimum absolute atomic E-state index is 0.00906. The lowest BCUT2D eigenvalue weighted by Gasteiger charge is -2.45. The van der Waals surface area contributed by atoms with Gasteiger partial charge >= 0.3 is 6.18 Å². The first-order valence-electron chi connectivity index (χ1n) is 14.3. The minimum Gasteiger partial charge on any atom is -0.497 e. The Morgan fingerprint density at radius 1 is 1.05 bits per heavy atom. The molecule has 1 atom stereocenters. The summed E-state index contributed by atoms with van der Waals surface area (Å²) in [7, 11) is 4.63. The maximum absolute atomic E-state index is 14.3. The number of alkyl halides is 3. The Morgan fingerprint density at radius 2 is 1.67 bits per heavy atom. The van der Waals surface area contributed by atoms with Gasteiger partial charge in [-0.1, -0.05) is 30.1 Å². The third kappa shape index (κ3) is 7.02. The molecule has 2 amide bonds. The van der Waals surface area contributed by atoms with Gasteiger partial charge in [-0.2, -0.15) is 13.2 Å². The SMILES string of the molecule is COc1cc(Cl)cc(C(O)(C(=O)N2CCC(C)(CC3CCN(c4ccc(C(=O)N(C)C)c(Cl)c4)CC3)CC2)C(F)(F)F)c1. The summed E-state index contributed by atoms with van der Waals surface area (Å²) in [6.07, 6.45) is -1.42. The molecule has 2 aliphatic rings. The summed E-state index contributed by atoms with van der Waals surface area (Å²) in [5, 5.41) is 11.2. The van der Waals surface area contributed by atoms with Gasteiger partial charge in [-0.15, -0.1) is 0 Å². The van der Waals surface area contributed by atoms with Crippen LogP contribution in [0.3, 0.4) is 0 Å². The van der Waals surface area contributed by atoms with Crippen molar-refractivity contribution in [1.82, 2.24) is 9.80 Å². The normalized spacial score (nSPS) is 19.1. The molecule has 1 unspecified atom stereocenters. The van der Waals surface area contributed by atoms with E-state index in [2.05, 4.69) is 11.8 Å². The average molecular weight is 645 g/mol. The standard InChI is InChI=1S/C31H38Cl2F3N3O4/c1-29(19-20-7-11-38(12-8-20)23-5-6-25(26(33)18-23)27(40)37(2)3)9-13-39(14-10-29)28(41)30(42,31(34,35)36)21-15-22(32)17-24(16-21)43-4/h5-6,15-18,20,42H,7-14,19H2,1-4H3. The fourth-order valence-electron chi connectivity index (χ4n) is 6.19. The van der Waals surface area contributed by atoms with Crippen LogP contribution in [-0.2, 0) is 10.4 Å². The lowest BCUT2D eigenvalue weighted by Crippen LogP contribution is -2.57. The third-order valence-electron chi connectivity index (χ3n) is 8.85. The Morgan fingerprint density at radius 3 is 2.21 bits per heavy atom. The van der Waals surface area contributed by atoms with Gasteiger partial charge in [0, 0.05) is 56.5 Å². The maximum atomic E-state index is 14.3. The molecule has 43 heavy (non-hydrogen) atoms. The molecule has 2 aliphatic heterocycles. The van der Waals surface area contributed by atoms with Crippen LogP contribution >= 0.6 is 23.2 Å². The van der Waals surface area contributed by atoms with Gasteiger partial charge in [-0.05, 0) is 79.8 Å². The number of halogens is 5. The summed E-state index contributed by atoms with van der Waals surface area (Å²) in [6, 6.07) is 8.74. The van der Waals surface area contributed by atoms with E-state index in [1.807, 2.05) is 12.1 Å². The predicted molar refractivity (Wildman–Crippen MR) is 161 cm³/mol. The van der Waals surface area contributed by atoms with Crippen molar-refractivity contribution in [3.8, 4) is 5.75 Å². The molecule has 2 aromatic rings. The van der Waals surface area contributed by atoms with Crippen molar-refractivity contribution in [3.63, 3.8) is 0 Å². The van der Waals surface area contributed by atoms with Crippen molar-refractivity contribution in [3.05, 3.63) is 57.6 Å². The van der Waals surface area contributed by atoms with Crippen LogP contribution in [0.15, 0.2) is 36.4 Å². The van der Waals surface area contributed by atoms with Crippen molar-refractivity contribution in [2.45, 2.75) is 50.8 Å². The first-order valence-corrected chi connectivity index (χ1v) is 15.0. The largest absolute Gasteiger partial charge is 0.497 e. The number of hydrogen-bond acceptors (Lipinski definition) is 5. The number of carbonyl (C=O) groups excluding carboxylic acids is 2. The third-order valence-corrected chi connectivity index (χ3v) is 9.38. The maximum Gasteiger partial charge on any atom is 0.430 e. The predicted octanol–water partition coefficient (Wildman–Crippen LogP) is 6.39. The van der Waals surface area contributed by atoms with Gasteiger partial charge in [-0.25, -0.2) is 0 Å². The highest BCUT2D eigenvalue weighted by Gasteiger charge is 2.62. The van der Waals surface area contributed by atoms with E-state index in [4.69, 9.17) is 27.9 Å². The molecule has 7 nitrogen and oxygen atoms in total. The molecular weight excluding hydrogens is 606 g/mol. The van der Waals surface area contributed by atoms with E-state index in [1.165, 1.54) is 18.1 Å². The van der Waals surface area contributed by atoms with E-state index < -0.39 is 23.2 Å². The number of piperidine rings is 2. The number of amides is 2. The molecule has 2 aromatic carbocycles. The number of nitrogens with zero attached hydrogens (tertiary/aromatic N) is 3. The minimum atomic E-state index is -5.26. The van der Waals surface area contributed by atoms with Gasteiger partial charge in [0.25, 0.3) is 17.4 Å². The fourth-order valence-corrected chi connectivity index (χ4v) is 6.67. The summed E-state index contributed by atoms with van der Waals surface area (Å²) in [5.41, 5.74) is -3.13. The number of likely N-dealkylation sites (tertiary alicyclic amines) is 1. The molecule has 12 heteroatoms. The van der Waals surface area contributed by atoms with Crippen LogP contribution in [0.2, 0.25) is 10.0 Å². The van der Waals surface area contributed by atoms with Crippen molar-refractivity contribution in [1.29, 1.82) is 0 Å². The molecule has 1 N–H and O–H groups in total. The van der Waals surface area contributed by atoms with Crippen LogP contribution in [0.5, 0.6) is 5.75 Å².